The second kappa shape index (κ2) is 13.7. The van der Waals surface area contributed by atoms with Crippen molar-refractivity contribution in [2.45, 2.75) is 46.8 Å². The molecule has 2 N–H and O–H groups in total. The van der Waals surface area contributed by atoms with Crippen molar-refractivity contribution in [1.29, 1.82) is 0 Å². The molecule has 0 aliphatic carbocycles. The van der Waals surface area contributed by atoms with Crippen LogP contribution in [0.5, 0.6) is 5.75 Å². The highest BCUT2D eigenvalue weighted by Gasteiger charge is 2.08. The number of rotatable bonds is 11. The summed E-state index contributed by atoms with van der Waals surface area (Å²) in [6.45, 7) is 6.55. The fourth-order valence-corrected chi connectivity index (χ4v) is 4.81. The molecule has 5 rings (SSSR count). The molecule has 2 aromatic carbocycles. The number of ether oxygens (including phenoxy) is 2. The molecule has 0 radical (unpaired) electrons. The van der Waals surface area contributed by atoms with Gasteiger partial charge in [-0.15, -0.1) is 0 Å². The fourth-order valence-electron chi connectivity index (χ4n) is 4.81. The van der Waals surface area contributed by atoms with E-state index in [0.29, 0.717) is 24.7 Å². The van der Waals surface area contributed by atoms with Gasteiger partial charge in [0.15, 0.2) is 0 Å². The average molecular weight is 578 g/mol. The van der Waals surface area contributed by atoms with E-state index in [-0.39, 0.29) is 12.5 Å². The van der Waals surface area contributed by atoms with Crippen LogP contribution in [0, 0.1) is 13.8 Å². The molecular formula is C34H35N5O4. The maximum atomic E-state index is 12.3. The highest BCUT2D eigenvalue weighted by molar-refractivity contribution is 5.89. The van der Waals surface area contributed by atoms with E-state index in [1.807, 2.05) is 66.7 Å². The Morgan fingerprint density at radius 3 is 2.42 bits per heavy atom. The summed E-state index contributed by atoms with van der Waals surface area (Å²) in [6, 6.07) is 27.2. The van der Waals surface area contributed by atoms with Gasteiger partial charge < -0.3 is 24.7 Å². The van der Waals surface area contributed by atoms with E-state index in [0.717, 1.165) is 57.8 Å². The lowest BCUT2D eigenvalue weighted by Gasteiger charge is -2.11. The number of nitrogens with zero attached hydrogens (tertiary/aromatic N) is 3. The van der Waals surface area contributed by atoms with E-state index < -0.39 is 6.09 Å². The first-order chi connectivity index (χ1) is 20.8. The van der Waals surface area contributed by atoms with E-state index >= 15 is 0 Å². The number of anilines is 1. The molecule has 5 aromatic rings. The second-order valence-corrected chi connectivity index (χ2v) is 10.4. The van der Waals surface area contributed by atoms with Gasteiger partial charge in [-0.25, -0.2) is 14.8 Å². The molecule has 0 saturated carbocycles. The third kappa shape index (κ3) is 7.97. The Balaban J connectivity index is 1.06. The van der Waals surface area contributed by atoms with Gasteiger partial charge in [0, 0.05) is 35.9 Å². The zero-order valence-electron chi connectivity index (χ0n) is 24.6. The number of pyridine rings is 2. The molecule has 0 aliphatic heterocycles. The zero-order valence-corrected chi connectivity index (χ0v) is 24.6. The number of aryl methyl sites for hydroxylation is 3. The molecule has 0 aliphatic rings. The molecule has 43 heavy (non-hydrogen) atoms. The smallest absolute Gasteiger partial charge is 0.407 e. The van der Waals surface area contributed by atoms with Gasteiger partial charge in [-0.05, 0) is 92.4 Å². The van der Waals surface area contributed by atoms with Crippen molar-refractivity contribution in [3.8, 4) is 11.6 Å². The second-order valence-electron chi connectivity index (χ2n) is 10.4. The maximum absolute atomic E-state index is 12.3. The van der Waals surface area contributed by atoms with Gasteiger partial charge in [0.2, 0.25) is 5.91 Å². The predicted octanol–water partition coefficient (Wildman–Crippen LogP) is 6.43. The Hall–Kier alpha value is -5.18. The molecule has 0 bridgehead atoms. The third-order valence-electron chi connectivity index (χ3n) is 6.91. The molecule has 0 fully saturated rings. The summed E-state index contributed by atoms with van der Waals surface area (Å²) in [5.74, 6) is 1.92. The predicted molar refractivity (Wildman–Crippen MR) is 166 cm³/mol. The van der Waals surface area contributed by atoms with Crippen molar-refractivity contribution in [2.24, 2.45) is 0 Å². The number of aromatic nitrogens is 3. The summed E-state index contributed by atoms with van der Waals surface area (Å²) in [5.41, 5.74) is 5.80. The van der Waals surface area contributed by atoms with E-state index in [9.17, 15) is 9.59 Å². The SMILES string of the molecule is CC(=O)Nc1ccc2ccc(COc3cccc(COC(=O)NCCCc4cccc(-n5c(C)ccc5C)n4)c3)cc2n1. The number of carbonyl (C=O) groups is 2. The first-order valence-electron chi connectivity index (χ1n) is 14.2. The Labute approximate surface area is 250 Å². The van der Waals surface area contributed by atoms with Crippen LogP contribution in [-0.2, 0) is 29.2 Å². The van der Waals surface area contributed by atoms with E-state index in [1.54, 1.807) is 6.07 Å². The quantitative estimate of drug-likeness (QED) is 0.175. The number of benzene rings is 2. The Bertz CT molecular complexity index is 1730. The minimum absolute atomic E-state index is 0.133. The van der Waals surface area contributed by atoms with Gasteiger partial charge >= 0.3 is 6.09 Å². The molecule has 3 aromatic heterocycles. The van der Waals surface area contributed by atoms with Crippen LogP contribution in [0.3, 0.4) is 0 Å². The molecule has 0 unspecified atom stereocenters. The monoisotopic (exact) mass is 577 g/mol. The number of hydrogen-bond acceptors (Lipinski definition) is 6. The largest absolute Gasteiger partial charge is 0.489 e. The van der Waals surface area contributed by atoms with Crippen molar-refractivity contribution >= 4 is 28.7 Å². The topological polar surface area (TPSA) is 107 Å². The fraction of sp³-hybridized carbons (Fsp3) is 0.235. The summed E-state index contributed by atoms with van der Waals surface area (Å²) < 4.78 is 13.5. The minimum Gasteiger partial charge on any atom is -0.489 e. The van der Waals surface area contributed by atoms with Crippen LogP contribution in [0.25, 0.3) is 16.7 Å². The zero-order chi connectivity index (χ0) is 30.2. The van der Waals surface area contributed by atoms with Crippen LogP contribution in [0.1, 0.15) is 41.6 Å². The van der Waals surface area contributed by atoms with Crippen molar-refractivity contribution in [1.82, 2.24) is 19.9 Å². The lowest BCUT2D eigenvalue weighted by Crippen LogP contribution is -2.25. The van der Waals surface area contributed by atoms with Gasteiger partial charge in [0.1, 0.15) is 30.6 Å². The summed E-state index contributed by atoms with van der Waals surface area (Å²) in [7, 11) is 0. The van der Waals surface area contributed by atoms with Crippen LogP contribution < -0.4 is 15.4 Å². The van der Waals surface area contributed by atoms with Gasteiger partial charge in [-0.3, -0.25) is 4.79 Å². The van der Waals surface area contributed by atoms with Crippen molar-refractivity contribution < 1.29 is 19.1 Å². The number of amides is 2. The summed E-state index contributed by atoms with van der Waals surface area (Å²) in [6.07, 6.45) is 1.03. The summed E-state index contributed by atoms with van der Waals surface area (Å²) in [5, 5.41) is 6.50. The van der Waals surface area contributed by atoms with E-state index in [1.165, 1.54) is 6.92 Å². The summed E-state index contributed by atoms with van der Waals surface area (Å²) >= 11 is 0. The standard InChI is InChI=1S/C34H35N5O4/c1-23-12-13-24(2)39(23)33-11-5-8-29(37-33)9-6-18-35-34(41)43-22-26-7-4-10-30(19-26)42-21-27-14-15-28-16-17-32(36-25(3)40)38-31(28)20-27/h4-5,7-8,10-17,19-20H,6,9,18,21-22H2,1-3H3,(H,35,41)(H,36,38,40). The number of hydrogen-bond donors (Lipinski definition) is 2. The van der Waals surface area contributed by atoms with E-state index in [4.69, 9.17) is 14.5 Å². The number of nitrogens with one attached hydrogen (secondary N) is 2. The highest BCUT2D eigenvalue weighted by Crippen LogP contribution is 2.20. The molecule has 220 valence electrons. The molecule has 0 atom stereocenters. The van der Waals surface area contributed by atoms with Crippen LogP contribution >= 0.6 is 0 Å². The molecule has 9 nitrogen and oxygen atoms in total. The van der Waals surface area contributed by atoms with Crippen molar-refractivity contribution in [2.75, 3.05) is 11.9 Å². The molecule has 2 amide bonds. The maximum Gasteiger partial charge on any atom is 0.407 e. The van der Waals surface area contributed by atoms with Crippen molar-refractivity contribution in [3.05, 3.63) is 113 Å². The Morgan fingerprint density at radius 2 is 1.60 bits per heavy atom. The van der Waals surface area contributed by atoms with Gasteiger partial charge in [-0.1, -0.05) is 30.3 Å². The average Bonchev–Trinajstić information content (AvgIpc) is 3.34. The molecule has 0 spiro atoms. The van der Waals surface area contributed by atoms with Crippen LogP contribution in [0.2, 0.25) is 0 Å². The first kappa shape index (κ1) is 29.3. The highest BCUT2D eigenvalue weighted by atomic mass is 16.5. The van der Waals surface area contributed by atoms with Crippen LogP contribution in [0.4, 0.5) is 10.6 Å². The normalized spacial score (nSPS) is 10.9. The lowest BCUT2D eigenvalue weighted by atomic mass is 10.1. The Kier molecular flexibility index (Phi) is 9.31. The van der Waals surface area contributed by atoms with Gasteiger partial charge in [0.05, 0.1) is 5.52 Å². The van der Waals surface area contributed by atoms with Gasteiger partial charge in [-0.2, -0.15) is 0 Å². The van der Waals surface area contributed by atoms with Gasteiger partial charge in [0.25, 0.3) is 0 Å². The molecule has 3 heterocycles. The molecule has 0 saturated heterocycles. The third-order valence-corrected chi connectivity index (χ3v) is 6.91. The van der Waals surface area contributed by atoms with E-state index in [2.05, 4.69) is 46.2 Å². The number of carbonyl (C=O) groups excluding carboxylic acids is 2. The number of alkyl carbamates (subject to hydrolysis) is 1. The lowest BCUT2D eigenvalue weighted by molar-refractivity contribution is -0.114. The molecular weight excluding hydrogens is 542 g/mol. The minimum atomic E-state index is -0.464. The van der Waals surface area contributed by atoms with Crippen LogP contribution in [-0.4, -0.2) is 33.1 Å². The first-order valence-corrected chi connectivity index (χ1v) is 14.2. The van der Waals surface area contributed by atoms with Crippen LogP contribution in [0.15, 0.2) is 84.9 Å². The summed E-state index contributed by atoms with van der Waals surface area (Å²) in [4.78, 5) is 32.9. The molecule has 9 heteroatoms. The Morgan fingerprint density at radius 1 is 0.837 bits per heavy atom. The van der Waals surface area contributed by atoms with Crippen molar-refractivity contribution in [3.63, 3.8) is 0 Å². The number of fused-ring (bicyclic) bond motifs is 1.